The van der Waals surface area contributed by atoms with Crippen LogP contribution in [0.4, 0.5) is 0 Å². The minimum Gasteiger partial charge on any atom is -0.373 e. The zero-order valence-corrected chi connectivity index (χ0v) is 32.9. The van der Waals surface area contributed by atoms with E-state index in [2.05, 4.69) is 128 Å². The molecule has 4 aliphatic rings. The van der Waals surface area contributed by atoms with Gasteiger partial charge in [0.15, 0.2) is 0 Å². The minimum atomic E-state index is 0. The molecule has 0 saturated heterocycles. The van der Waals surface area contributed by atoms with Crippen LogP contribution in [0.5, 0.6) is 0 Å². The minimum absolute atomic E-state index is 0. The average molecular weight is 697 g/mol. The molecule has 286 valence electrons. The zero-order chi connectivity index (χ0) is 35.2. The molecule has 0 aliphatic heterocycles. The van der Waals surface area contributed by atoms with Gasteiger partial charge >= 0.3 is 0 Å². The molecule has 2 saturated carbocycles. The maximum Gasteiger partial charge on any atom is 0.0720 e. The number of aryl methyl sites for hydroxylation is 2. The van der Waals surface area contributed by atoms with E-state index in [1.165, 1.54) is 89.0 Å². The molecule has 0 radical (unpaired) electrons. The monoisotopic (exact) mass is 697 g/mol. The van der Waals surface area contributed by atoms with Gasteiger partial charge in [0.25, 0.3) is 0 Å². The lowest BCUT2D eigenvalue weighted by Gasteiger charge is -2.23. The fourth-order valence-corrected chi connectivity index (χ4v) is 8.96. The van der Waals surface area contributed by atoms with Crippen LogP contribution in [0, 0.1) is 29.6 Å². The standard InChI is InChI=1S/C15H22O.C13H18.C12H16.C8H16.2CH4/c1-12(2)14-9-6-10-15(14)16-11-13-7-4-3-5-8-13;1-10(2)12-9-5-7-11-6-3-4-8-13(11)12;1-9(2)11-8-7-10-5-3-4-6-12(10)11;1-7(2)8-5-3-4-6-8;;/h3-5,7-8,12,14-15H,6,9-11H2,1-2H3;5,7,9-10H,3-4,6,8H2,1-2H3;3-6,9,11H,7-8H2,1-2H3;7-8H,3-6H2,1-2H3;2*1H4/t14-,15+;;11-;;;/m1.0.../s1. The third-order valence-electron chi connectivity index (χ3n) is 12.0. The molecule has 3 aromatic rings. The summed E-state index contributed by atoms with van der Waals surface area (Å²) in [5, 5.41) is 0. The summed E-state index contributed by atoms with van der Waals surface area (Å²) in [6.07, 6.45) is 18.4. The van der Waals surface area contributed by atoms with E-state index in [0.29, 0.717) is 12.0 Å². The van der Waals surface area contributed by atoms with Gasteiger partial charge < -0.3 is 4.74 Å². The highest BCUT2D eigenvalue weighted by Gasteiger charge is 2.30. The van der Waals surface area contributed by atoms with Crippen molar-refractivity contribution in [1.82, 2.24) is 0 Å². The maximum atomic E-state index is 6.06. The summed E-state index contributed by atoms with van der Waals surface area (Å²) in [5.41, 5.74) is 9.32. The third-order valence-corrected chi connectivity index (χ3v) is 12.0. The molecule has 0 heterocycles. The van der Waals surface area contributed by atoms with Crippen LogP contribution >= 0.6 is 0 Å². The first-order valence-electron chi connectivity index (χ1n) is 20.5. The normalized spacial score (nSPS) is 20.6. The molecule has 2 fully saturated rings. The van der Waals surface area contributed by atoms with Crippen LogP contribution < -0.4 is 0 Å². The summed E-state index contributed by atoms with van der Waals surface area (Å²) >= 11 is 0. The van der Waals surface area contributed by atoms with Crippen LogP contribution in [-0.2, 0) is 30.6 Å². The second-order valence-corrected chi connectivity index (χ2v) is 16.9. The second kappa shape index (κ2) is 23.3. The molecule has 0 spiro atoms. The highest BCUT2D eigenvalue weighted by Crippen LogP contribution is 2.38. The Labute approximate surface area is 317 Å². The number of hydrogen-bond donors (Lipinski definition) is 0. The Morgan fingerprint density at radius 2 is 1.20 bits per heavy atom. The lowest BCUT2D eigenvalue weighted by Crippen LogP contribution is -2.22. The zero-order valence-electron chi connectivity index (χ0n) is 32.9. The fraction of sp³-hybridized carbons (Fsp3) is 0.640. The Bertz CT molecular complexity index is 1330. The first-order chi connectivity index (χ1) is 23.7. The van der Waals surface area contributed by atoms with Crippen molar-refractivity contribution >= 4 is 0 Å². The van der Waals surface area contributed by atoms with E-state index in [9.17, 15) is 0 Å². The van der Waals surface area contributed by atoms with E-state index < -0.39 is 0 Å². The van der Waals surface area contributed by atoms with E-state index in [4.69, 9.17) is 4.74 Å². The highest BCUT2D eigenvalue weighted by molar-refractivity contribution is 5.38. The van der Waals surface area contributed by atoms with E-state index >= 15 is 0 Å². The molecule has 0 unspecified atom stereocenters. The molecule has 7 rings (SSSR count). The van der Waals surface area contributed by atoms with Gasteiger partial charge in [-0.05, 0) is 126 Å². The molecular weight excluding hydrogens is 617 g/mol. The highest BCUT2D eigenvalue weighted by atomic mass is 16.5. The predicted molar refractivity (Wildman–Crippen MR) is 227 cm³/mol. The summed E-state index contributed by atoms with van der Waals surface area (Å²) in [7, 11) is 0. The largest absolute Gasteiger partial charge is 0.373 e. The summed E-state index contributed by atoms with van der Waals surface area (Å²) in [5.74, 6) is 5.84. The van der Waals surface area contributed by atoms with E-state index in [1.54, 1.807) is 27.8 Å². The Hall–Kier alpha value is -2.38. The summed E-state index contributed by atoms with van der Waals surface area (Å²) < 4.78 is 6.06. The maximum absolute atomic E-state index is 6.06. The summed E-state index contributed by atoms with van der Waals surface area (Å²) in [4.78, 5) is 0. The number of ether oxygens (including phenoxy) is 1. The van der Waals surface area contributed by atoms with Crippen LogP contribution in [0.1, 0.15) is 180 Å². The molecule has 0 bridgehead atoms. The van der Waals surface area contributed by atoms with Gasteiger partial charge in [-0.15, -0.1) is 0 Å². The number of hydrogen-bond acceptors (Lipinski definition) is 1. The van der Waals surface area contributed by atoms with E-state index in [1.807, 2.05) is 0 Å². The quantitative estimate of drug-likeness (QED) is 0.239. The van der Waals surface area contributed by atoms with Gasteiger partial charge in [0.05, 0.1) is 12.7 Å². The smallest absolute Gasteiger partial charge is 0.0720 e. The van der Waals surface area contributed by atoms with E-state index in [-0.39, 0.29) is 14.9 Å². The lowest BCUT2D eigenvalue weighted by molar-refractivity contribution is 0.00355. The van der Waals surface area contributed by atoms with Gasteiger partial charge in [-0.2, -0.15) is 0 Å². The van der Waals surface area contributed by atoms with Crippen molar-refractivity contribution < 1.29 is 4.74 Å². The Balaban J connectivity index is 0.000000238. The van der Waals surface area contributed by atoms with Gasteiger partial charge in [0.1, 0.15) is 0 Å². The number of benzene rings is 3. The van der Waals surface area contributed by atoms with Gasteiger partial charge in [-0.25, -0.2) is 0 Å². The van der Waals surface area contributed by atoms with Crippen molar-refractivity contribution in [2.45, 2.75) is 178 Å². The Kier molecular flexibility index (Phi) is 20.5. The molecular formula is C50H80O. The molecule has 4 aliphatic carbocycles. The average Bonchev–Trinajstić information content (AvgIpc) is 3.90. The third kappa shape index (κ3) is 13.8. The van der Waals surface area contributed by atoms with Crippen molar-refractivity contribution in [1.29, 1.82) is 0 Å². The van der Waals surface area contributed by atoms with Crippen LogP contribution in [0.25, 0.3) is 0 Å². The van der Waals surface area contributed by atoms with Crippen LogP contribution in [0.3, 0.4) is 0 Å². The van der Waals surface area contributed by atoms with E-state index in [0.717, 1.165) is 42.1 Å². The van der Waals surface area contributed by atoms with Crippen molar-refractivity contribution in [2.24, 2.45) is 29.6 Å². The Morgan fingerprint density at radius 3 is 1.82 bits per heavy atom. The topological polar surface area (TPSA) is 9.23 Å². The van der Waals surface area contributed by atoms with Crippen LogP contribution in [0.2, 0.25) is 0 Å². The number of rotatable bonds is 7. The molecule has 1 nitrogen and oxygen atoms in total. The van der Waals surface area contributed by atoms with Crippen molar-refractivity contribution in [3.8, 4) is 0 Å². The van der Waals surface area contributed by atoms with Gasteiger partial charge in [-0.3, -0.25) is 0 Å². The second-order valence-electron chi connectivity index (χ2n) is 16.9. The van der Waals surface area contributed by atoms with Crippen molar-refractivity contribution in [2.75, 3.05) is 0 Å². The predicted octanol–water partition coefficient (Wildman–Crippen LogP) is 15.2. The summed E-state index contributed by atoms with van der Waals surface area (Å²) in [6, 6.07) is 26.2. The van der Waals surface area contributed by atoms with Crippen LogP contribution in [0.15, 0.2) is 72.8 Å². The van der Waals surface area contributed by atoms with Gasteiger partial charge in [0, 0.05) is 0 Å². The molecule has 0 N–H and O–H groups in total. The number of fused-ring (bicyclic) bond motifs is 2. The fourth-order valence-electron chi connectivity index (χ4n) is 8.96. The van der Waals surface area contributed by atoms with Gasteiger partial charge in [-0.1, -0.05) is 175 Å². The Morgan fingerprint density at radius 1 is 0.549 bits per heavy atom. The molecule has 0 amide bonds. The van der Waals surface area contributed by atoms with Crippen molar-refractivity contribution in [3.63, 3.8) is 0 Å². The van der Waals surface area contributed by atoms with Gasteiger partial charge in [0.2, 0.25) is 0 Å². The summed E-state index contributed by atoms with van der Waals surface area (Å²) in [6.45, 7) is 19.3. The molecule has 51 heavy (non-hydrogen) atoms. The first kappa shape index (κ1) is 44.8. The molecule has 3 aromatic carbocycles. The molecule has 3 atom stereocenters. The SMILES string of the molecule is C.C.CC(C)C1CCCC1.CC(C)[C@@H]1CCc2ccccc21.CC(C)[C@H]1CCC[C@@H]1OCc1ccccc1.CC(C)c1cccc2c1CCCC2. The lowest BCUT2D eigenvalue weighted by atomic mass is 9.85. The van der Waals surface area contributed by atoms with Crippen molar-refractivity contribution in [3.05, 3.63) is 106 Å². The molecule has 0 aromatic heterocycles. The first-order valence-corrected chi connectivity index (χ1v) is 20.5. The van der Waals surface area contributed by atoms with Crippen LogP contribution in [-0.4, -0.2) is 6.10 Å². The molecule has 1 heteroatoms.